The van der Waals surface area contributed by atoms with Gasteiger partial charge in [0, 0.05) is 25.3 Å². The highest BCUT2D eigenvalue weighted by Gasteiger charge is 2.20. The summed E-state index contributed by atoms with van der Waals surface area (Å²) in [5.41, 5.74) is 0.677. The van der Waals surface area contributed by atoms with Gasteiger partial charge in [0.15, 0.2) is 0 Å². The molecule has 0 amide bonds. The fourth-order valence-corrected chi connectivity index (χ4v) is 2.55. The molecule has 1 saturated heterocycles. The summed E-state index contributed by atoms with van der Waals surface area (Å²) in [6.45, 7) is 5.22. The number of nitrogens with one attached hydrogen (secondary N) is 1. The molecule has 2 rings (SSSR count). The first-order valence-corrected chi connectivity index (χ1v) is 7.18. The molecule has 1 aromatic rings. The molecule has 1 aliphatic rings. The molecular formula is C15H22N4. The van der Waals surface area contributed by atoms with Gasteiger partial charge in [-0.3, -0.25) is 0 Å². The van der Waals surface area contributed by atoms with Crippen molar-refractivity contribution in [3.05, 3.63) is 23.9 Å². The molecule has 1 aliphatic heterocycles. The Kier molecular flexibility index (Phi) is 5.17. The summed E-state index contributed by atoms with van der Waals surface area (Å²) in [5.74, 6) is 0.840. The Labute approximate surface area is 115 Å². The number of aromatic nitrogens is 1. The van der Waals surface area contributed by atoms with Crippen molar-refractivity contribution in [1.82, 2.24) is 10.3 Å². The molecule has 4 nitrogen and oxygen atoms in total. The first-order chi connectivity index (χ1) is 9.35. The van der Waals surface area contributed by atoms with E-state index in [2.05, 4.69) is 28.2 Å². The van der Waals surface area contributed by atoms with Gasteiger partial charge in [0.25, 0.3) is 0 Å². The minimum atomic E-state index is 0.533. The largest absolute Gasteiger partial charge is 0.354 e. The van der Waals surface area contributed by atoms with E-state index in [0.717, 1.165) is 38.3 Å². The third-order valence-corrected chi connectivity index (χ3v) is 3.59. The normalized spacial score (nSPS) is 18.2. The van der Waals surface area contributed by atoms with Crippen molar-refractivity contribution in [2.24, 2.45) is 0 Å². The SMILES string of the molecule is CCCCN(CC1CCCN1)c1ncccc1C#N. The van der Waals surface area contributed by atoms with Crippen molar-refractivity contribution >= 4 is 5.82 Å². The van der Waals surface area contributed by atoms with Crippen LogP contribution >= 0.6 is 0 Å². The van der Waals surface area contributed by atoms with Crippen LogP contribution < -0.4 is 10.2 Å². The summed E-state index contributed by atoms with van der Waals surface area (Å²) < 4.78 is 0. The molecule has 0 bridgehead atoms. The van der Waals surface area contributed by atoms with Gasteiger partial charge in [0.2, 0.25) is 0 Å². The van der Waals surface area contributed by atoms with E-state index in [1.165, 1.54) is 12.8 Å². The number of hydrogen-bond donors (Lipinski definition) is 1. The van der Waals surface area contributed by atoms with Crippen LogP contribution in [0.5, 0.6) is 0 Å². The van der Waals surface area contributed by atoms with Crippen LogP contribution in [0.3, 0.4) is 0 Å². The number of nitriles is 1. The summed E-state index contributed by atoms with van der Waals surface area (Å²) in [6, 6.07) is 6.46. The average molecular weight is 258 g/mol. The van der Waals surface area contributed by atoms with Gasteiger partial charge in [-0.05, 0) is 37.9 Å². The van der Waals surface area contributed by atoms with Crippen LogP contribution in [0, 0.1) is 11.3 Å². The van der Waals surface area contributed by atoms with Gasteiger partial charge in [0.1, 0.15) is 11.9 Å². The summed E-state index contributed by atoms with van der Waals surface area (Å²) in [6.07, 6.45) is 6.53. The number of pyridine rings is 1. The van der Waals surface area contributed by atoms with Gasteiger partial charge >= 0.3 is 0 Å². The molecule has 102 valence electrons. The van der Waals surface area contributed by atoms with Crippen molar-refractivity contribution in [2.75, 3.05) is 24.5 Å². The topological polar surface area (TPSA) is 52.0 Å². The summed E-state index contributed by atoms with van der Waals surface area (Å²) >= 11 is 0. The molecule has 0 aliphatic carbocycles. The molecule has 4 heteroatoms. The standard InChI is InChI=1S/C15H22N4/c1-2-3-10-19(12-14-7-5-8-17-14)15-13(11-16)6-4-9-18-15/h4,6,9,14,17H,2-3,5,7-8,10,12H2,1H3. The number of hydrogen-bond acceptors (Lipinski definition) is 4. The monoisotopic (exact) mass is 258 g/mol. The first-order valence-electron chi connectivity index (χ1n) is 7.18. The minimum absolute atomic E-state index is 0.533. The van der Waals surface area contributed by atoms with Gasteiger partial charge in [-0.25, -0.2) is 4.98 Å². The molecule has 0 spiro atoms. The van der Waals surface area contributed by atoms with E-state index in [0.29, 0.717) is 11.6 Å². The van der Waals surface area contributed by atoms with E-state index < -0.39 is 0 Å². The summed E-state index contributed by atoms with van der Waals surface area (Å²) in [5, 5.41) is 12.7. The lowest BCUT2D eigenvalue weighted by Crippen LogP contribution is -2.39. The third kappa shape index (κ3) is 3.68. The van der Waals surface area contributed by atoms with Crippen LogP contribution in [0.15, 0.2) is 18.3 Å². The predicted molar refractivity (Wildman–Crippen MR) is 77.1 cm³/mol. The zero-order chi connectivity index (χ0) is 13.5. The smallest absolute Gasteiger partial charge is 0.146 e. The van der Waals surface area contributed by atoms with E-state index in [1.807, 2.05) is 12.1 Å². The van der Waals surface area contributed by atoms with Gasteiger partial charge in [-0.2, -0.15) is 5.26 Å². The van der Waals surface area contributed by atoms with Crippen molar-refractivity contribution in [3.63, 3.8) is 0 Å². The number of rotatable bonds is 6. The number of anilines is 1. The van der Waals surface area contributed by atoms with Crippen LogP contribution in [0.25, 0.3) is 0 Å². The van der Waals surface area contributed by atoms with E-state index in [4.69, 9.17) is 0 Å². The zero-order valence-corrected chi connectivity index (χ0v) is 11.6. The molecule has 19 heavy (non-hydrogen) atoms. The Balaban J connectivity index is 2.13. The molecule has 0 aromatic carbocycles. The summed E-state index contributed by atoms with van der Waals surface area (Å²) in [7, 11) is 0. The molecular weight excluding hydrogens is 236 g/mol. The van der Waals surface area contributed by atoms with Crippen LogP contribution in [0.1, 0.15) is 38.2 Å². The Morgan fingerprint density at radius 1 is 1.58 bits per heavy atom. The molecule has 1 atom stereocenters. The molecule has 1 unspecified atom stereocenters. The molecule has 2 heterocycles. The van der Waals surface area contributed by atoms with Crippen LogP contribution in [-0.4, -0.2) is 30.7 Å². The molecule has 0 radical (unpaired) electrons. The predicted octanol–water partition coefficient (Wildman–Crippen LogP) is 2.31. The lowest BCUT2D eigenvalue weighted by Gasteiger charge is -2.27. The second-order valence-corrected chi connectivity index (χ2v) is 5.08. The van der Waals surface area contributed by atoms with Crippen molar-refractivity contribution in [3.8, 4) is 6.07 Å². The van der Waals surface area contributed by atoms with Crippen molar-refractivity contribution in [1.29, 1.82) is 5.26 Å². The van der Waals surface area contributed by atoms with Crippen LogP contribution in [-0.2, 0) is 0 Å². The molecule has 1 N–H and O–H groups in total. The Hall–Kier alpha value is -1.60. The van der Waals surface area contributed by atoms with Gasteiger partial charge in [-0.15, -0.1) is 0 Å². The van der Waals surface area contributed by atoms with Gasteiger partial charge in [0.05, 0.1) is 5.56 Å². The minimum Gasteiger partial charge on any atom is -0.354 e. The maximum Gasteiger partial charge on any atom is 0.146 e. The quantitative estimate of drug-likeness (QED) is 0.850. The van der Waals surface area contributed by atoms with E-state index >= 15 is 0 Å². The lowest BCUT2D eigenvalue weighted by atomic mass is 10.2. The third-order valence-electron chi connectivity index (χ3n) is 3.59. The Bertz CT molecular complexity index is 432. The fraction of sp³-hybridized carbons (Fsp3) is 0.600. The summed E-state index contributed by atoms with van der Waals surface area (Å²) in [4.78, 5) is 6.69. The average Bonchev–Trinajstić information content (AvgIpc) is 2.96. The molecule has 0 saturated carbocycles. The Morgan fingerprint density at radius 2 is 2.47 bits per heavy atom. The van der Waals surface area contributed by atoms with Gasteiger partial charge in [-0.1, -0.05) is 13.3 Å². The highest BCUT2D eigenvalue weighted by atomic mass is 15.2. The second kappa shape index (κ2) is 7.10. The molecule has 1 fully saturated rings. The van der Waals surface area contributed by atoms with E-state index in [1.54, 1.807) is 6.20 Å². The molecule has 1 aromatic heterocycles. The maximum atomic E-state index is 9.22. The van der Waals surface area contributed by atoms with Crippen LogP contribution in [0.4, 0.5) is 5.82 Å². The van der Waals surface area contributed by atoms with E-state index in [-0.39, 0.29) is 0 Å². The zero-order valence-electron chi connectivity index (χ0n) is 11.6. The van der Waals surface area contributed by atoms with Crippen LogP contribution in [0.2, 0.25) is 0 Å². The highest BCUT2D eigenvalue weighted by molar-refractivity contribution is 5.53. The lowest BCUT2D eigenvalue weighted by molar-refractivity contribution is 0.569. The maximum absolute atomic E-state index is 9.22. The van der Waals surface area contributed by atoms with Crippen molar-refractivity contribution < 1.29 is 0 Å². The van der Waals surface area contributed by atoms with E-state index in [9.17, 15) is 5.26 Å². The fourth-order valence-electron chi connectivity index (χ4n) is 2.55. The first kappa shape index (κ1) is 13.8. The van der Waals surface area contributed by atoms with Gasteiger partial charge < -0.3 is 10.2 Å². The second-order valence-electron chi connectivity index (χ2n) is 5.08. The Morgan fingerprint density at radius 3 is 3.16 bits per heavy atom. The number of unbranched alkanes of at least 4 members (excludes halogenated alkanes) is 1. The number of nitrogens with zero attached hydrogens (tertiary/aromatic N) is 3. The highest BCUT2D eigenvalue weighted by Crippen LogP contribution is 2.19. The van der Waals surface area contributed by atoms with Crippen molar-refractivity contribution in [2.45, 2.75) is 38.6 Å².